The van der Waals surface area contributed by atoms with Crippen molar-refractivity contribution in [2.45, 2.75) is 143 Å². The first kappa shape index (κ1) is 34.1. The van der Waals surface area contributed by atoms with Gasteiger partial charge in [-0.3, -0.25) is 0 Å². The van der Waals surface area contributed by atoms with E-state index in [0.29, 0.717) is 7.92 Å². The van der Waals surface area contributed by atoms with E-state index in [2.05, 4.69) is 57.8 Å². The lowest BCUT2D eigenvalue weighted by Gasteiger charge is -2.18. The molecule has 0 fully saturated rings. The average molecular weight is 509 g/mol. The first-order chi connectivity index (χ1) is 16.8. The van der Waals surface area contributed by atoms with Crippen molar-refractivity contribution >= 4 is 16.5 Å². The van der Waals surface area contributed by atoms with Gasteiger partial charge in [-0.1, -0.05) is 147 Å². The molecule has 200 valence electrons. The van der Waals surface area contributed by atoms with Gasteiger partial charge < -0.3 is 0 Å². The minimum Gasteiger partial charge on any atom is -0.121 e. The molecule has 2 heteroatoms. The Balaban J connectivity index is 0.000000999. The van der Waals surface area contributed by atoms with Crippen LogP contribution in [0.4, 0.5) is 0 Å². The van der Waals surface area contributed by atoms with E-state index in [9.17, 15) is 0 Å². The molecular formula is C32H62P2. The topological polar surface area (TPSA) is 0 Å². The van der Waals surface area contributed by atoms with Crippen molar-refractivity contribution in [2.75, 3.05) is 25.2 Å². The van der Waals surface area contributed by atoms with Crippen molar-refractivity contribution < 1.29 is 0 Å². The average Bonchev–Trinajstić information content (AvgIpc) is 2.86. The normalized spacial score (nSPS) is 11.3. The van der Waals surface area contributed by atoms with Gasteiger partial charge in [0.15, 0.2) is 0 Å². The zero-order valence-electron chi connectivity index (χ0n) is 23.9. The number of hydrogen-bond acceptors (Lipinski definition) is 0. The Morgan fingerprint density at radius 2 is 0.853 bits per heavy atom. The van der Waals surface area contributed by atoms with Gasteiger partial charge in [-0.15, -0.1) is 16.5 Å². The summed E-state index contributed by atoms with van der Waals surface area (Å²) in [5.74, 6) is 0. The summed E-state index contributed by atoms with van der Waals surface area (Å²) < 4.78 is 0. The molecule has 0 aliphatic heterocycles. The van der Waals surface area contributed by atoms with E-state index in [1.807, 2.05) is 0 Å². The van der Waals surface area contributed by atoms with Crippen molar-refractivity contribution in [3.63, 3.8) is 0 Å². The van der Waals surface area contributed by atoms with Gasteiger partial charge in [0.05, 0.1) is 0 Å². The molecule has 1 aromatic carbocycles. The Morgan fingerprint density at radius 3 is 1.21 bits per heavy atom. The fraction of sp³-hybridized carbons (Fsp3) is 0.812. The molecule has 0 aromatic heterocycles. The van der Waals surface area contributed by atoms with Crippen LogP contribution in [0.2, 0.25) is 0 Å². The second kappa shape index (κ2) is 29.3. The van der Waals surface area contributed by atoms with Crippen LogP contribution in [0.3, 0.4) is 0 Å². The first-order valence-corrected chi connectivity index (χ1v) is 18.8. The summed E-state index contributed by atoms with van der Waals surface area (Å²) in [7, 11) is 1.40. The molecule has 0 radical (unpaired) electrons. The van der Waals surface area contributed by atoms with Crippen LogP contribution in [0.5, 0.6) is 0 Å². The van der Waals surface area contributed by atoms with Crippen LogP contribution < -0.4 is 0 Å². The Bertz CT molecular complexity index is 435. The Hall–Kier alpha value is 0.0800. The maximum atomic E-state index is 2.32. The van der Waals surface area contributed by atoms with E-state index in [1.54, 1.807) is 18.5 Å². The van der Waals surface area contributed by atoms with Crippen molar-refractivity contribution in [3.05, 3.63) is 35.9 Å². The van der Waals surface area contributed by atoms with Crippen LogP contribution in [0, 0.1) is 0 Å². The summed E-state index contributed by atoms with van der Waals surface area (Å²) in [4.78, 5) is 0. The van der Waals surface area contributed by atoms with Crippen LogP contribution in [-0.2, 0) is 6.16 Å². The molecule has 0 heterocycles. The van der Waals surface area contributed by atoms with Gasteiger partial charge in [-0.25, -0.2) is 0 Å². The fourth-order valence-electron chi connectivity index (χ4n) is 4.48. The predicted octanol–water partition coefficient (Wildman–Crippen LogP) is 12.0. The number of benzene rings is 1. The molecule has 1 rings (SSSR count). The van der Waals surface area contributed by atoms with Gasteiger partial charge in [-0.05, 0) is 56.1 Å². The van der Waals surface area contributed by atoms with Crippen molar-refractivity contribution in [3.8, 4) is 0 Å². The quantitative estimate of drug-likeness (QED) is 0.102. The third-order valence-electron chi connectivity index (χ3n) is 6.71. The summed E-state index contributed by atoms with van der Waals surface area (Å²) in [6, 6.07) is 10.6. The highest BCUT2D eigenvalue weighted by atomic mass is 31.1. The zero-order chi connectivity index (χ0) is 25.0. The molecule has 0 amide bonds. The number of rotatable bonds is 23. The third kappa shape index (κ3) is 25.2. The molecule has 0 aliphatic carbocycles. The molecule has 0 nitrogen and oxygen atoms in total. The molecule has 0 saturated carbocycles. The lowest BCUT2D eigenvalue weighted by Crippen LogP contribution is -1.97. The molecule has 0 bridgehead atoms. The van der Waals surface area contributed by atoms with E-state index in [1.165, 1.54) is 127 Å². The maximum absolute atomic E-state index is 2.32. The van der Waals surface area contributed by atoms with Gasteiger partial charge in [0.25, 0.3) is 0 Å². The first-order valence-electron chi connectivity index (χ1n) is 15.2. The van der Waals surface area contributed by atoms with Crippen LogP contribution in [0.1, 0.15) is 142 Å². The summed E-state index contributed by atoms with van der Waals surface area (Å²) in [5.41, 5.74) is 1.46. The van der Waals surface area contributed by atoms with Crippen LogP contribution in [-0.4, -0.2) is 25.2 Å². The standard InChI is InChI=1S/C24H51P.C8H11P/c1-4-7-10-13-16-19-22-25(23-20-17-14-11-8-5-2)24-21-18-15-12-9-6-3;1-9-7-8-5-3-2-4-6-8/h4-24H2,1-3H3;2-6,9H,7H2,1H3. The monoisotopic (exact) mass is 508 g/mol. The lowest BCUT2D eigenvalue weighted by atomic mass is 10.1. The van der Waals surface area contributed by atoms with E-state index in [0.717, 1.165) is 8.58 Å². The summed E-state index contributed by atoms with van der Waals surface area (Å²) in [5, 5.41) is 0. The largest absolute Gasteiger partial charge is 0.121 e. The molecule has 1 atom stereocenters. The Labute approximate surface area is 219 Å². The molecule has 1 unspecified atom stereocenters. The Kier molecular flexibility index (Phi) is 29.4. The van der Waals surface area contributed by atoms with E-state index >= 15 is 0 Å². The molecule has 34 heavy (non-hydrogen) atoms. The summed E-state index contributed by atoms with van der Waals surface area (Å²) in [6.07, 6.45) is 32.5. The van der Waals surface area contributed by atoms with Gasteiger partial charge in [0.2, 0.25) is 0 Å². The van der Waals surface area contributed by atoms with Crippen LogP contribution in [0.25, 0.3) is 0 Å². The van der Waals surface area contributed by atoms with Gasteiger partial charge in [0.1, 0.15) is 0 Å². The summed E-state index contributed by atoms with van der Waals surface area (Å²) >= 11 is 0. The SMILES string of the molecule is CCCCCCCCP(CCCCCCCC)CCCCCCCC.CPCc1ccccc1. The van der Waals surface area contributed by atoms with Crippen molar-refractivity contribution in [1.29, 1.82) is 0 Å². The van der Waals surface area contributed by atoms with Crippen molar-refractivity contribution in [2.24, 2.45) is 0 Å². The third-order valence-corrected chi connectivity index (χ3v) is 10.3. The minimum atomic E-state index is 0.366. The van der Waals surface area contributed by atoms with Crippen molar-refractivity contribution in [1.82, 2.24) is 0 Å². The highest BCUT2D eigenvalue weighted by Gasteiger charge is 2.07. The fourth-order valence-corrected chi connectivity index (χ4v) is 7.81. The second-order valence-corrected chi connectivity index (χ2v) is 13.9. The molecule has 0 spiro atoms. The lowest BCUT2D eigenvalue weighted by molar-refractivity contribution is 0.617. The minimum absolute atomic E-state index is 0.366. The highest BCUT2D eigenvalue weighted by molar-refractivity contribution is 7.57. The summed E-state index contributed by atoms with van der Waals surface area (Å²) in [6.45, 7) is 9.19. The van der Waals surface area contributed by atoms with E-state index in [-0.39, 0.29) is 0 Å². The van der Waals surface area contributed by atoms with Crippen LogP contribution >= 0.6 is 16.5 Å². The zero-order valence-corrected chi connectivity index (χ0v) is 25.8. The molecule has 1 aromatic rings. The highest BCUT2D eigenvalue weighted by Crippen LogP contribution is 2.39. The van der Waals surface area contributed by atoms with Gasteiger partial charge >= 0.3 is 0 Å². The smallest absolute Gasteiger partial charge is 0.0103 e. The Morgan fingerprint density at radius 1 is 0.500 bits per heavy atom. The predicted molar refractivity (Wildman–Crippen MR) is 166 cm³/mol. The second-order valence-electron chi connectivity index (χ2n) is 10.2. The number of unbranched alkanes of at least 4 members (excludes halogenated alkanes) is 15. The van der Waals surface area contributed by atoms with Crippen LogP contribution in [0.15, 0.2) is 30.3 Å². The van der Waals surface area contributed by atoms with Gasteiger partial charge in [0, 0.05) is 0 Å². The van der Waals surface area contributed by atoms with E-state index in [4.69, 9.17) is 0 Å². The molecular weight excluding hydrogens is 446 g/mol. The molecule has 0 N–H and O–H groups in total. The number of hydrogen-bond donors (Lipinski definition) is 0. The maximum Gasteiger partial charge on any atom is -0.0103 e. The molecule has 0 saturated heterocycles. The van der Waals surface area contributed by atoms with Gasteiger partial charge in [-0.2, -0.15) is 0 Å². The molecule has 0 aliphatic rings. The van der Waals surface area contributed by atoms with E-state index < -0.39 is 0 Å².